The molecular formula is C22H33N3. The summed E-state index contributed by atoms with van der Waals surface area (Å²) in [5, 5.41) is 7.19. The maximum Gasteiger partial charge on any atom is 0.0400 e. The van der Waals surface area contributed by atoms with Crippen LogP contribution in [-0.4, -0.2) is 38.1 Å². The number of rotatable bonds is 8. The van der Waals surface area contributed by atoms with Crippen LogP contribution >= 0.6 is 0 Å². The molecule has 0 aliphatic heterocycles. The standard InChI is InChI=1S/C22H33N3/c1-16-14-19(4)22(20(5)15-16)24-11-13-25(6)12-10-23-21-17(2)8-7-9-18(21)3/h7-9,14-15,23-24H,10-13H2,1-6H3. The molecule has 0 spiro atoms. The first kappa shape index (κ1) is 19.3. The molecule has 0 aliphatic carbocycles. The van der Waals surface area contributed by atoms with Crippen LogP contribution in [0.1, 0.15) is 27.8 Å². The van der Waals surface area contributed by atoms with Gasteiger partial charge in [0.05, 0.1) is 0 Å². The summed E-state index contributed by atoms with van der Waals surface area (Å²) >= 11 is 0. The molecule has 25 heavy (non-hydrogen) atoms. The van der Waals surface area contributed by atoms with Crippen molar-refractivity contribution in [3.63, 3.8) is 0 Å². The van der Waals surface area contributed by atoms with Crippen LogP contribution in [0, 0.1) is 34.6 Å². The van der Waals surface area contributed by atoms with Crippen molar-refractivity contribution < 1.29 is 0 Å². The fourth-order valence-electron chi connectivity index (χ4n) is 3.41. The van der Waals surface area contributed by atoms with Crippen LogP contribution in [0.2, 0.25) is 0 Å². The predicted octanol–water partition coefficient (Wildman–Crippen LogP) is 4.68. The van der Waals surface area contributed by atoms with Crippen molar-refractivity contribution in [3.8, 4) is 0 Å². The molecular weight excluding hydrogens is 306 g/mol. The first-order valence-corrected chi connectivity index (χ1v) is 9.19. The summed E-state index contributed by atoms with van der Waals surface area (Å²) in [7, 11) is 2.18. The fraction of sp³-hybridized carbons (Fsp3) is 0.455. The van der Waals surface area contributed by atoms with E-state index in [1.807, 2.05) is 0 Å². The molecule has 2 rings (SSSR count). The quantitative estimate of drug-likeness (QED) is 0.731. The molecule has 136 valence electrons. The van der Waals surface area contributed by atoms with E-state index in [9.17, 15) is 0 Å². The number of nitrogens with one attached hydrogen (secondary N) is 2. The average molecular weight is 340 g/mol. The lowest BCUT2D eigenvalue weighted by atomic mass is 10.1. The van der Waals surface area contributed by atoms with Crippen molar-refractivity contribution in [1.82, 2.24) is 4.90 Å². The maximum absolute atomic E-state index is 3.60. The Hall–Kier alpha value is -2.00. The Kier molecular flexibility index (Phi) is 6.89. The Balaban J connectivity index is 1.75. The maximum atomic E-state index is 3.60. The molecule has 0 heterocycles. The molecule has 0 fully saturated rings. The number of hydrogen-bond donors (Lipinski definition) is 2. The Bertz CT molecular complexity index is 663. The molecule has 0 bridgehead atoms. The normalized spacial score (nSPS) is 11.0. The van der Waals surface area contributed by atoms with E-state index < -0.39 is 0 Å². The monoisotopic (exact) mass is 339 g/mol. The Morgan fingerprint density at radius 2 is 1.16 bits per heavy atom. The van der Waals surface area contributed by atoms with Crippen LogP contribution in [0.25, 0.3) is 0 Å². The van der Waals surface area contributed by atoms with Crippen LogP contribution in [0.4, 0.5) is 11.4 Å². The van der Waals surface area contributed by atoms with Gasteiger partial charge in [0, 0.05) is 37.6 Å². The van der Waals surface area contributed by atoms with Crippen molar-refractivity contribution in [2.24, 2.45) is 0 Å². The van der Waals surface area contributed by atoms with Crippen LogP contribution < -0.4 is 10.6 Å². The zero-order valence-corrected chi connectivity index (χ0v) is 16.7. The van der Waals surface area contributed by atoms with Crippen molar-refractivity contribution in [2.45, 2.75) is 34.6 Å². The summed E-state index contributed by atoms with van der Waals surface area (Å²) in [4.78, 5) is 2.37. The van der Waals surface area contributed by atoms with Gasteiger partial charge in [0.1, 0.15) is 0 Å². The second-order valence-electron chi connectivity index (χ2n) is 7.20. The zero-order valence-electron chi connectivity index (χ0n) is 16.7. The minimum Gasteiger partial charge on any atom is -0.383 e. The lowest BCUT2D eigenvalue weighted by Crippen LogP contribution is -2.30. The lowest BCUT2D eigenvalue weighted by Gasteiger charge is -2.20. The van der Waals surface area contributed by atoms with Crippen LogP contribution in [-0.2, 0) is 0 Å². The summed E-state index contributed by atoms with van der Waals surface area (Å²) in [5.41, 5.74) is 9.18. The smallest absolute Gasteiger partial charge is 0.0400 e. The summed E-state index contributed by atoms with van der Waals surface area (Å²) in [6, 6.07) is 10.9. The lowest BCUT2D eigenvalue weighted by molar-refractivity contribution is 0.361. The third-order valence-corrected chi connectivity index (χ3v) is 4.75. The van der Waals surface area contributed by atoms with Crippen molar-refractivity contribution in [3.05, 3.63) is 58.1 Å². The first-order chi connectivity index (χ1) is 11.9. The molecule has 0 atom stereocenters. The molecule has 3 heteroatoms. The van der Waals surface area contributed by atoms with Crippen LogP contribution in [0.5, 0.6) is 0 Å². The molecule has 0 saturated heterocycles. The molecule has 2 N–H and O–H groups in total. The molecule has 2 aromatic rings. The molecule has 0 aromatic heterocycles. The topological polar surface area (TPSA) is 27.3 Å². The number of anilines is 2. The highest BCUT2D eigenvalue weighted by atomic mass is 15.1. The summed E-state index contributed by atoms with van der Waals surface area (Å²) in [6.07, 6.45) is 0. The number of likely N-dealkylation sites (N-methyl/N-ethyl adjacent to an activating group) is 1. The number of benzene rings is 2. The summed E-state index contributed by atoms with van der Waals surface area (Å²) in [6.45, 7) is 14.8. The van der Waals surface area contributed by atoms with Gasteiger partial charge in [-0.05, 0) is 63.9 Å². The van der Waals surface area contributed by atoms with Gasteiger partial charge in [0.25, 0.3) is 0 Å². The highest BCUT2D eigenvalue weighted by Gasteiger charge is 2.05. The van der Waals surface area contributed by atoms with Gasteiger partial charge < -0.3 is 15.5 Å². The van der Waals surface area contributed by atoms with E-state index in [4.69, 9.17) is 0 Å². The Labute approximate surface area is 153 Å². The van der Waals surface area contributed by atoms with Crippen molar-refractivity contribution in [1.29, 1.82) is 0 Å². The van der Waals surface area contributed by atoms with E-state index in [0.29, 0.717) is 0 Å². The largest absolute Gasteiger partial charge is 0.383 e. The van der Waals surface area contributed by atoms with E-state index >= 15 is 0 Å². The summed E-state index contributed by atoms with van der Waals surface area (Å²) < 4.78 is 0. The first-order valence-electron chi connectivity index (χ1n) is 9.19. The van der Waals surface area contributed by atoms with Crippen LogP contribution in [0.15, 0.2) is 30.3 Å². The molecule has 0 unspecified atom stereocenters. The Morgan fingerprint density at radius 3 is 1.64 bits per heavy atom. The van der Waals surface area contributed by atoms with Gasteiger partial charge >= 0.3 is 0 Å². The molecule has 0 aliphatic rings. The zero-order chi connectivity index (χ0) is 18.4. The average Bonchev–Trinajstić information content (AvgIpc) is 2.52. The van der Waals surface area contributed by atoms with Gasteiger partial charge in [-0.2, -0.15) is 0 Å². The molecule has 3 nitrogen and oxygen atoms in total. The van der Waals surface area contributed by atoms with Crippen LogP contribution in [0.3, 0.4) is 0 Å². The third kappa shape index (κ3) is 5.50. The minimum absolute atomic E-state index is 0.963. The summed E-state index contributed by atoms with van der Waals surface area (Å²) in [5.74, 6) is 0. The molecule has 2 aromatic carbocycles. The van der Waals surface area contributed by atoms with Gasteiger partial charge in [-0.3, -0.25) is 0 Å². The SMILES string of the molecule is Cc1cc(C)c(NCCN(C)CCNc2c(C)cccc2C)c(C)c1. The molecule has 0 saturated carbocycles. The fourth-order valence-corrected chi connectivity index (χ4v) is 3.41. The van der Waals surface area contributed by atoms with Gasteiger partial charge in [0.2, 0.25) is 0 Å². The van der Waals surface area contributed by atoms with E-state index in [1.54, 1.807) is 0 Å². The molecule has 0 amide bonds. The van der Waals surface area contributed by atoms with Crippen molar-refractivity contribution in [2.75, 3.05) is 43.9 Å². The number of para-hydroxylation sites is 1. The Morgan fingerprint density at radius 1 is 0.720 bits per heavy atom. The van der Waals surface area contributed by atoms with Gasteiger partial charge in [0.15, 0.2) is 0 Å². The number of hydrogen-bond acceptors (Lipinski definition) is 3. The number of nitrogens with zero attached hydrogens (tertiary/aromatic N) is 1. The highest BCUT2D eigenvalue weighted by Crippen LogP contribution is 2.21. The second kappa shape index (κ2) is 8.91. The third-order valence-electron chi connectivity index (χ3n) is 4.75. The minimum atomic E-state index is 0.963. The van der Waals surface area contributed by atoms with E-state index in [0.717, 1.165) is 26.2 Å². The van der Waals surface area contributed by atoms with Crippen molar-refractivity contribution >= 4 is 11.4 Å². The highest BCUT2D eigenvalue weighted by molar-refractivity contribution is 5.58. The number of aryl methyl sites for hydroxylation is 5. The van der Waals surface area contributed by atoms with Gasteiger partial charge in [-0.25, -0.2) is 0 Å². The van der Waals surface area contributed by atoms with E-state index in [-0.39, 0.29) is 0 Å². The van der Waals surface area contributed by atoms with E-state index in [1.165, 1.54) is 39.2 Å². The van der Waals surface area contributed by atoms with Gasteiger partial charge in [-0.15, -0.1) is 0 Å². The predicted molar refractivity (Wildman–Crippen MR) is 111 cm³/mol. The van der Waals surface area contributed by atoms with Gasteiger partial charge in [-0.1, -0.05) is 35.9 Å². The molecule has 0 radical (unpaired) electrons. The van der Waals surface area contributed by atoms with E-state index in [2.05, 4.69) is 87.5 Å². The second-order valence-corrected chi connectivity index (χ2v) is 7.20.